The fraction of sp³-hybridized carbons (Fsp3) is 0.235. The van der Waals surface area contributed by atoms with Gasteiger partial charge in [-0.3, -0.25) is 4.79 Å². The molecule has 2 aromatic rings. The quantitative estimate of drug-likeness (QED) is 0.813. The van der Waals surface area contributed by atoms with E-state index < -0.39 is 0 Å². The van der Waals surface area contributed by atoms with Crippen LogP contribution in [0.5, 0.6) is 0 Å². The molecule has 0 radical (unpaired) electrons. The Morgan fingerprint density at radius 1 is 1.04 bits per heavy atom. The van der Waals surface area contributed by atoms with E-state index in [9.17, 15) is 9.18 Å². The highest BCUT2D eigenvalue weighted by Crippen LogP contribution is 2.11. The molecule has 0 atom stereocenters. The molecule has 1 aliphatic heterocycles. The van der Waals surface area contributed by atoms with Crippen molar-refractivity contribution >= 4 is 17.9 Å². The fourth-order valence-electron chi connectivity index (χ4n) is 2.43. The van der Waals surface area contributed by atoms with Crippen molar-refractivity contribution < 1.29 is 9.18 Å². The minimum atomic E-state index is -0.285. The number of carbonyl (C=O) groups is 1. The zero-order valence-corrected chi connectivity index (χ0v) is 12.6. The van der Waals surface area contributed by atoms with E-state index in [-0.39, 0.29) is 11.7 Å². The average Bonchev–Trinajstić information content (AvgIpc) is 2.62. The number of rotatable bonds is 3. The van der Waals surface area contributed by atoms with Crippen molar-refractivity contribution in [2.75, 3.05) is 31.1 Å². The number of carbonyl (C=O) groups excluding carboxylic acids is 1. The van der Waals surface area contributed by atoms with Crippen LogP contribution in [0.15, 0.2) is 48.8 Å². The highest BCUT2D eigenvalue weighted by Gasteiger charge is 2.20. The molecule has 1 aromatic carbocycles. The van der Waals surface area contributed by atoms with Crippen molar-refractivity contribution in [3.05, 3.63) is 60.2 Å². The molecular weight excluding hydrogens is 295 g/mol. The summed E-state index contributed by atoms with van der Waals surface area (Å²) in [6, 6.07) is 7.82. The first-order valence-corrected chi connectivity index (χ1v) is 7.47. The molecule has 0 N–H and O–H groups in total. The van der Waals surface area contributed by atoms with E-state index in [1.165, 1.54) is 18.2 Å². The molecule has 1 amide bonds. The second-order valence-corrected chi connectivity index (χ2v) is 5.25. The van der Waals surface area contributed by atoms with Gasteiger partial charge in [-0.05, 0) is 29.8 Å². The van der Waals surface area contributed by atoms with E-state index in [4.69, 9.17) is 0 Å². The van der Waals surface area contributed by atoms with Gasteiger partial charge in [-0.1, -0.05) is 12.1 Å². The molecule has 0 saturated carbocycles. The summed E-state index contributed by atoms with van der Waals surface area (Å²) >= 11 is 0. The van der Waals surface area contributed by atoms with Gasteiger partial charge in [0.05, 0.1) is 0 Å². The van der Waals surface area contributed by atoms with Crippen molar-refractivity contribution in [1.82, 2.24) is 14.9 Å². The lowest BCUT2D eigenvalue weighted by molar-refractivity contribution is -0.126. The summed E-state index contributed by atoms with van der Waals surface area (Å²) in [5, 5.41) is 0. The predicted octanol–water partition coefficient (Wildman–Crippen LogP) is 1.98. The van der Waals surface area contributed by atoms with Gasteiger partial charge in [0.15, 0.2) is 0 Å². The first-order chi connectivity index (χ1) is 11.2. The van der Waals surface area contributed by atoms with E-state index >= 15 is 0 Å². The third kappa shape index (κ3) is 3.91. The number of amides is 1. The first kappa shape index (κ1) is 15.1. The molecule has 1 aliphatic rings. The first-order valence-electron chi connectivity index (χ1n) is 7.47. The zero-order valence-electron chi connectivity index (χ0n) is 12.6. The highest BCUT2D eigenvalue weighted by molar-refractivity contribution is 5.91. The molecular formula is C17H17FN4O. The SMILES string of the molecule is O=C(C=Cc1ccc(F)cc1)N1CCN(c2ncccn2)CC1. The maximum Gasteiger partial charge on any atom is 0.246 e. The van der Waals surface area contributed by atoms with E-state index in [1.807, 2.05) is 0 Å². The molecule has 6 heteroatoms. The Hall–Kier alpha value is -2.76. The largest absolute Gasteiger partial charge is 0.337 e. The predicted molar refractivity (Wildman–Crippen MR) is 86.3 cm³/mol. The molecule has 23 heavy (non-hydrogen) atoms. The van der Waals surface area contributed by atoms with Crippen LogP contribution in [-0.2, 0) is 4.79 Å². The number of anilines is 1. The summed E-state index contributed by atoms with van der Waals surface area (Å²) in [5.41, 5.74) is 0.802. The van der Waals surface area contributed by atoms with Crippen molar-refractivity contribution in [2.24, 2.45) is 0 Å². The van der Waals surface area contributed by atoms with Crippen molar-refractivity contribution in [3.63, 3.8) is 0 Å². The number of nitrogens with zero attached hydrogens (tertiary/aromatic N) is 4. The molecule has 0 bridgehead atoms. The molecule has 1 fully saturated rings. The third-order valence-electron chi connectivity index (χ3n) is 3.71. The molecule has 1 saturated heterocycles. The summed E-state index contributed by atoms with van der Waals surface area (Å²) in [6.07, 6.45) is 6.66. The second-order valence-electron chi connectivity index (χ2n) is 5.25. The number of hydrogen-bond donors (Lipinski definition) is 0. The van der Waals surface area contributed by atoms with Gasteiger partial charge >= 0.3 is 0 Å². The number of halogens is 1. The topological polar surface area (TPSA) is 49.3 Å². The minimum absolute atomic E-state index is 0.0389. The van der Waals surface area contributed by atoms with Crippen LogP contribution in [-0.4, -0.2) is 47.0 Å². The van der Waals surface area contributed by atoms with E-state index in [1.54, 1.807) is 41.6 Å². The van der Waals surface area contributed by atoms with Gasteiger partial charge in [-0.2, -0.15) is 0 Å². The van der Waals surface area contributed by atoms with Crippen LogP contribution in [0.2, 0.25) is 0 Å². The number of benzene rings is 1. The molecule has 0 unspecified atom stereocenters. The lowest BCUT2D eigenvalue weighted by Gasteiger charge is -2.34. The van der Waals surface area contributed by atoms with Crippen LogP contribution in [0, 0.1) is 5.82 Å². The summed E-state index contributed by atoms with van der Waals surface area (Å²) < 4.78 is 12.8. The fourth-order valence-corrected chi connectivity index (χ4v) is 2.43. The zero-order chi connectivity index (χ0) is 16.1. The van der Waals surface area contributed by atoms with Gasteiger partial charge in [0.1, 0.15) is 5.82 Å². The summed E-state index contributed by atoms with van der Waals surface area (Å²) in [5.74, 6) is 0.372. The van der Waals surface area contributed by atoms with E-state index in [0.717, 1.165) is 5.56 Å². The van der Waals surface area contributed by atoms with Crippen LogP contribution < -0.4 is 4.90 Å². The van der Waals surface area contributed by atoms with Crippen molar-refractivity contribution in [3.8, 4) is 0 Å². The van der Waals surface area contributed by atoms with Crippen LogP contribution in [0.25, 0.3) is 6.08 Å². The smallest absolute Gasteiger partial charge is 0.246 e. The van der Waals surface area contributed by atoms with E-state index in [2.05, 4.69) is 14.9 Å². The Balaban J connectivity index is 1.55. The minimum Gasteiger partial charge on any atom is -0.337 e. The van der Waals surface area contributed by atoms with Gasteiger partial charge in [0.2, 0.25) is 11.9 Å². The van der Waals surface area contributed by atoms with Crippen LogP contribution >= 0.6 is 0 Å². The highest BCUT2D eigenvalue weighted by atomic mass is 19.1. The standard InChI is InChI=1S/C17H17FN4O/c18-15-5-2-14(3-6-15)4-7-16(23)21-10-12-22(13-11-21)17-19-8-1-9-20-17/h1-9H,10-13H2. The summed E-state index contributed by atoms with van der Waals surface area (Å²) in [4.78, 5) is 24.5. The summed E-state index contributed by atoms with van der Waals surface area (Å²) in [6.45, 7) is 2.68. The molecule has 3 rings (SSSR count). The van der Waals surface area contributed by atoms with Crippen LogP contribution in [0.1, 0.15) is 5.56 Å². The van der Waals surface area contributed by atoms with E-state index in [0.29, 0.717) is 32.1 Å². The monoisotopic (exact) mass is 312 g/mol. The van der Waals surface area contributed by atoms with Crippen molar-refractivity contribution in [1.29, 1.82) is 0 Å². The van der Waals surface area contributed by atoms with Gasteiger partial charge < -0.3 is 9.80 Å². The molecule has 5 nitrogen and oxygen atoms in total. The third-order valence-corrected chi connectivity index (χ3v) is 3.71. The summed E-state index contributed by atoms with van der Waals surface area (Å²) in [7, 11) is 0. The lowest BCUT2D eigenvalue weighted by Crippen LogP contribution is -2.48. The van der Waals surface area contributed by atoms with Gasteiger partial charge in [-0.25, -0.2) is 14.4 Å². The molecule has 0 spiro atoms. The molecule has 1 aromatic heterocycles. The second kappa shape index (κ2) is 7.00. The molecule has 118 valence electrons. The van der Waals surface area contributed by atoms with Gasteiger partial charge in [0.25, 0.3) is 0 Å². The lowest BCUT2D eigenvalue weighted by atomic mass is 10.2. The Labute approximate surface area is 134 Å². The normalized spacial score (nSPS) is 15.2. The maximum atomic E-state index is 12.8. The molecule has 0 aliphatic carbocycles. The van der Waals surface area contributed by atoms with Crippen LogP contribution in [0.3, 0.4) is 0 Å². The Bertz CT molecular complexity index is 679. The number of hydrogen-bond acceptors (Lipinski definition) is 4. The number of aromatic nitrogens is 2. The average molecular weight is 312 g/mol. The van der Waals surface area contributed by atoms with Crippen LogP contribution in [0.4, 0.5) is 10.3 Å². The van der Waals surface area contributed by atoms with Crippen molar-refractivity contribution in [2.45, 2.75) is 0 Å². The van der Waals surface area contributed by atoms with Gasteiger partial charge in [-0.15, -0.1) is 0 Å². The number of piperazine rings is 1. The Morgan fingerprint density at radius 3 is 2.35 bits per heavy atom. The Morgan fingerprint density at radius 2 is 1.70 bits per heavy atom. The van der Waals surface area contributed by atoms with Gasteiger partial charge in [0, 0.05) is 44.6 Å². The molecule has 2 heterocycles. The Kier molecular flexibility index (Phi) is 4.61. The maximum absolute atomic E-state index is 12.8.